The number of sulfone groups is 1. The molecule has 0 aliphatic carbocycles. The van der Waals surface area contributed by atoms with Gasteiger partial charge in [-0.2, -0.15) is 0 Å². The average Bonchev–Trinajstić information content (AvgIpc) is 2.77. The van der Waals surface area contributed by atoms with E-state index in [1.807, 2.05) is 13.8 Å². The molecule has 1 amide bonds. The summed E-state index contributed by atoms with van der Waals surface area (Å²) in [5, 5.41) is 2.87. The first-order valence-electron chi connectivity index (χ1n) is 8.27. The summed E-state index contributed by atoms with van der Waals surface area (Å²) in [6.45, 7) is 6.55. The minimum Gasteiger partial charge on any atom is -0.490 e. The largest absolute Gasteiger partial charge is 0.490 e. The van der Waals surface area contributed by atoms with E-state index in [1.165, 1.54) is 0 Å². The second kappa shape index (κ2) is 7.95. The average molecular weight is 434 g/mol. The van der Waals surface area contributed by atoms with Crippen molar-refractivity contribution in [1.82, 2.24) is 5.32 Å². The Kier molecular flexibility index (Phi) is 6.37. The molecule has 1 aromatic carbocycles. The Hall–Kier alpha value is -1.28. The Morgan fingerprint density at radius 2 is 1.84 bits per heavy atom. The highest BCUT2D eigenvalue weighted by atomic mass is 79.9. The molecule has 1 aromatic rings. The van der Waals surface area contributed by atoms with Gasteiger partial charge in [0.25, 0.3) is 0 Å². The maximum absolute atomic E-state index is 12.4. The minimum absolute atomic E-state index is 0.0135. The van der Waals surface area contributed by atoms with E-state index < -0.39 is 15.4 Å². The minimum atomic E-state index is -3.07. The van der Waals surface area contributed by atoms with Gasteiger partial charge in [-0.25, -0.2) is 8.42 Å². The van der Waals surface area contributed by atoms with E-state index in [0.717, 1.165) is 10.0 Å². The van der Waals surface area contributed by atoms with Crippen molar-refractivity contribution in [1.29, 1.82) is 0 Å². The molecule has 0 unspecified atom stereocenters. The van der Waals surface area contributed by atoms with Crippen LogP contribution in [-0.2, 0) is 21.1 Å². The normalized spacial score (nSPS) is 21.8. The maximum atomic E-state index is 12.4. The van der Waals surface area contributed by atoms with Crippen molar-refractivity contribution in [2.45, 2.75) is 39.2 Å². The topological polar surface area (TPSA) is 81.7 Å². The van der Waals surface area contributed by atoms with Crippen LogP contribution in [0.25, 0.3) is 0 Å². The smallest absolute Gasteiger partial charge is 0.224 e. The number of hydrogen-bond donors (Lipinski definition) is 1. The van der Waals surface area contributed by atoms with E-state index in [1.54, 1.807) is 19.1 Å². The van der Waals surface area contributed by atoms with Gasteiger partial charge in [0.05, 0.1) is 36.7 Å². The highest BCUT2D eigenvalue weighted by molar-refractivity contribution is 9.10. The summed E-state index contributed by atoms with van der Waals surface area (Å²) in [6, 6.07) is 3.57. The third kappa shape index (κ3) is 5.34. The standard InChI is InChI=1S/C17H24BrNO5S/c1-4-23-14-8-12(13(18)10-15(14)24-5-2)9-16(20)19-17(3)6-7-25(21,22)11-17/h8,10H,4-7,9,11H2,1-3H3,(H,19,20)/t17-/m1/s1. The van der Waals surface area contributed by atoms with E-state index in [-0.39, 0.29) is 23.8 Å². The first-order chi connectivity index (χ1) is 11.7. The molecule has 0 spiro atoms. The Bertz CT molecular complexity index is 750. The molecule has 25 heavy (non-hydrogen) atoms. The Morgan fingerprint density at radius 1 is 1.24 bits per heavy atom. The predicted molar refractivity (Wildman–Crippen MR) is 100 cm³/mol. The quantitative estimate of drug-likeness (QED) is 0.713. The molecule has 1 aliphatic rings. The lowest BCUT2D eigenvalue weighted by molar-refractivity contribution is -0.121. The molecule has 1 N–H and O–H groups in total. The van der Waals surface area contributed by atoms with Crippen LogP contribution >= 0.6 is 15.9 Å². The summed E-state index contributed by atoms with van der Waals surface area (Å²) in [6.07, 6.45) is 0.568. The lowest BCUT2D eigenvalue weighted by Gasteiger charge is -2.24. The van der Waals surface area contributed by atoms with Gasteiger partial charge >= 0.3 is 0 Å². The monoisotopic (exact) mass is 433 g/mol. The summed E-state index contributed by atoms with van der Waals surface area (Å²) in [5.74, 6) is 1.09. The summed E-state index contributed by atoms with van der Waals surface area (Å²) < 4.78 is 35.2. The van der Waals surface area contributed by atoms with Gasteiger partial charge in [0.2, 0.25) is 5.91 Å². The van der Waals surface area contributed by atoms with E-state index in [4.69, 9.17) is 9.47 Å². The highest BCUT2D eigenvalue weighted by Crippen LogP contribution is 2.34. The molecular formula is C17H24BrNO5S. The number of halogens is 1. The number of amides is 1. The zero-order valence-corrected chi connectivity index (χ0v) is 17.1. The Balaban J connectivity index is 2.13. The molecular weight excluding hydrogens is 410 g/mol. The number of carbonyl (C=O) groups excluding carboxylic acids is 1. The van der Waals surface area contributed by atoms with Crippen LogP contribution in [0.4, 0.5) is 0 Å². The number of benzene rings is 1. The lowest BCUT2D eigenvalue weighted by atomic mass is 10.0. The summed E-state index contributed by atoms with van der Waals surface area (Å²) in [7, 11) is -3.07. The molecule has 0 saturated carbocycles. The third-order valence-corrected chi connectivity index (χ3v) is 6.65. The molecule has 0 bridgehead atoms. The van der Waals surface area contributed by atoms with Crippen LogP contribution < -0.4 is 14.8 Å². The van der Waals surface area contributed by atoms with Crippen molar-refractivity contribution in [3.05, 3.63) is 22.2 Å². The van der Waals surface area contributed by atoms with E-state index in [0.29, 0.717) is 31.1 Å². The van der Waals surface area contributed by atoms with Gasteiger partial charge in [-0.1, -0.05) is 15.9 Å². The number of rotatable bonds is 7. The van der Waals surface area contributed by atoms with Crippen molar-refractivity contribution < 1.29 is 22.7 Å². The summed E-state index contributed by atoms with van der Waals surface area (Å²) in [4.78, 5) is 12.4. The Labute approximate surface area is 157 Å². The van der Waals surface area contributed by atoms with Gasteiger partial charge in [0.1, 0.15) is 0 Å². The molecule has 140 valence electrons. The van der Waals surface area contributed by atoms with Gasteiger partial charge in [0.15, 0.2) is 21.3 Å². The first kappa shape index (κ1) is 20.0. The van der Waals surface area contributed by atoms with Crippen molar-refractivity contribution in [2.24, 2.45) is 0 Å². The van der Waals surface area contributed by atoms with Crippen LogP contribution in [0.1, 0.15) is 32.8 Å². The highest BCUT2D eigenvalue weighted by Gasteiger charge is 2.39. The molecule has 1 saturated heterocycles. The van der Waals surface area contributed by atoms with Gasteiger partial charge in [-0.15, -0.1) is 0 Å². The van der Waals surface area contributed by atoms with Crippen LogP contribution in [0.5, 0.6) is 11.5 Å². The lowest BCUT2D eigenvalue weighted by Crippen LogP contribution is -2.47. The zero-order valence-electron chi connectivity index (χ0n) is 14.7. The fourth-order valence-electron chi connectivity index (χ4n) is 2.91. The van der Waals surface area contributed by atoms with E-state index in [2.05, 4.69) is 21.2 Å². The third-order valence-electron chi connectivity index (χ3n) is 4.01. The fraction of sp³-hybridized carbons (Fsp3) is 0.588. The Morgan fingerprint density at radius 3 is 2.36 bits per heavy atom. The SMILES string of the molecule is CCOc1cc(Br)c(CC(=O)N[C@]2(C)CCS(=O)(=O)C2)cc1OCC. The van der Waals surface area contributed by atoms with Crippen LogP contribution in [-0.4, -0.2) is 44.6 Å². The van der Waals surface area contributed by atoms with Crippen molar-refractivity contribution in [3.8, 4) is 11.5 Å². The molecule has 2 rings (SSSR count). The van der Waals surface area contributed by atoms with Gasteiger partial charge in [0, 0.05) is 4.47 Å². The van der Waals surface area contributed by atoms with Crippen LogP contribution in [0.3, 0.4) is 0 Å². The summed E-state index contributed by atoms with van der Waals surface area (Å²) in [5.41, 5.74) is 0.0602. The zero-order chi connectivity index (χ0) is 18.7. The fourth-order valence-corrected chi connectivity index (χ4v) is 5.47. The van der Waals surface area contributed by atoms with Crippen molar-refractivity contribution in [2.75, 3.05) is 24.7 Å². The van der Waals surface area contributed by atoms with Crippen molar-refractivity contribution >= 4 is 31.7 Å². The molecule has 0 radical (unpaired) electrons. The van der Waals surface area contributed by atoms with E-state index in [9.17, 15) is 13.2 Å². The van der Waals surface area contributed by atoms with Crippen LogP contribution in [0.2, 0.25) is 0 Å². The van der Waals surface area contributed by atoms with Gasteiger partial charge < -0.3 is 14.8 Å². The second-order valence-corrected chi connectivity index (χ2v) is 9.42. The molecule has 6 nitrogen and oxygen atoms in total. The first-order valence-corrected chi connectivity index (χ1v) is 10.9. The predicted octanol–water partition coefficient (Wildman–Crippen LogP) is 2.48. The molecule has 0 aromatic heterocycles. The number of ether oxygens (including phenoxy) is 2. The second-order valence-electron chi connectivity index (χ2n) is 6.38. The molecule has 1 fully saturated rings. The molecule has 8 heteroatoms. The molecule has 1 aliphatic heterocycles. The van der Waals surface area contributed by atoms with Gasteiger partial charge in [-0.3, -0.25) is 4.79 Å². The molecule has 1 atom stereocenters. The summed E-state index contributed by atoms with van der Waals surface area (Å²) >= 11 is 3.46. The van der Waals surface area contributed by atoms with Crippen LogP contribution in [0, 0.1) is 0 Å². The van der Waals surface area contributed by atoms with Crippen molar-refractivity contribution in [3.63, 3.8) is 0 Å². The van der Waals surface area contributed by atoms with Gasteiger partial charge in [-0.05, 0) is 44.9 Å². The number of hydrogen-bond acceptors (Lipinski definition) is 5. The maximum Gasteiger partial charge on any atom is 0.224 e. The number of nitrogens with one attached hydrogen (secondary N) is 1. The van der Waals surface area contributed by atoms with E-state index >= 15 is 0 Å². The number of carbonyl (C=O) groups is 1. The van der Waals surface area contributed by atoms with Crippen LogP contribution in [0.15, 0.2) is 16.6 Å². The molecule has 1 heterocycles.